The van der Waals surface area contributed by atoms with E-state index in [1.165, 1.54) is 6.07 Å². The predicted octanol–water partition coefficient (Wildman–Crippen LogP) is 3.64. The molecule has 0 saturated heterocycles. The summed E-state index contributed by atoms with van der Waals surface area (Å²) in [5, 5.41) is 0. The highest BCUT2D eigenvalue weighted by Gasteiger charge is 2.66. The first kappa shape index (κ1) is 14.9. The number of hydrazine groups is 1. The van der Waals surface area contributed by atoms with Crippen LogP contribution < -0.4 is 11.3 Å². The lowest BCUT2D eigenvalue weighted by atomic mass is 9.97. The van der Waals surface area contributed by atoms with Gasteiger partial charge in [0.2, 0.25) is 0 Å². The second-order valence-electron chi connectivity index (χ2n) is 6.63. The van der Waals surface area contributed by atoms with Crippen molar-refractivity contribution in [3.8, 4) is 0 Å². The van der Waals surface area contributed by atoms with Gasteiger partial charge in [-0.2, -0.15) is 0 Å². The van der Waals surface area contributed by atoms with Gasteiger partial charge < -0.3 is 0 Å². The molecule has 0 amide bonds. The first-order valence-corrected chi connectivity index (χ1v) is 7.41. The molecule has 1 aliphatic rings. The maximum atomic E-state index is 13.3. The fourth-order valence-corrected chi connectivity index (χ4v) is 3.87. The van der Waals surface area contributed by atoms with E-state index in [1.54, 1.807) is 12.1 Å². The quantitative estimate of drug-likeness (QED) is 0.654. The van der Waals surface area contributed by atoms with Crippen molar-refractivity contribution in [3.63, 3.8) is 0 Å². The Labute approximate surface area is 123 Å². The van der Waals surface area contributed by atoms with Crippen molar-refractivity contribution in [2.24, 2.45) is 22.6 Å². The van der Waals surface area contributed by atoms with Gasteiger partial charge in [0.1, 0.15) is 5.82 Å². The summed E-state index contributed by atoms with van der Waals surface area (Å²) in [7, 11) is 0. The Morgan fingerprint density at radius 1 is 1.32 bits per heavy atom. The van der Waals surface area contributed by atoms with E-state index in [1.807, 2.05) is 0 Å². The molecule has 1 unspecified atom stereocenters. The van der Waals surface area contributed by atoms with Gasteiger partial charge in [0.25, 0.3) is 0 Å². The molecular formula is C15H22BrFN2. The van der Waals surface area contributed by atoms with Gasteiger partial charge in [-0.3, -0.25) is 11.3 Å². The van der Waals surface area contributed by atoms with Crippen molar-refractivity contribution in [2.45, 2.75) is 40.2 Å². The molecule has 4 heteroatoms. The van der Waals surface area contributed by atoms with Crippen molar-refractivity contribution < 1.29 is 4.39 Å². The lowest BCUT2D eigenvalue weighted by Crippen LogP contribution is -2.40. The zero-order valence-corrected chi connectivity index (χ0v) is 13.5. The standard InChI is InChI=1S/C15H22BrFN2/c1-14(2)13(15(14,3)4)12(19-18)8-9-7-10(17)5-6-11(9)16/h5-7,12-13,19H,8,18H2,1-4H3. The summed E-state index contributed by atoms with van der Waals surface area (Å²) in [4.78, 5) is 0. The minimum atomic E-state index is -0.205. The van der Waals surface area contributed by atoms with Crippen molar-refractivity contribution in [2.75, 3.05) is 0 Å². The lowest BCUT2D eigenvalue weighted by molar-refractivity contribution is 0.401. The molecule has 1 atom stereocenters. The van der Waals surface area contributed by atoms with Crippen LogP contribution in [0.2, 0.25) is 0 Å². The maximum Gasteiger partial charge on any atom is 0.123 e. The highest BCUT2D eigenvalue weighted by Crippen LogP contribution is 2.69. The van der Waals surface area contributed by atoms with Crippen LogP contribution in [0.5, 0.6) is 0 Å². The number of benzene rings is 1. The Bertz CT molecular complexity index is 471. The average Bonchev–Trinajstić information content (AvgIpc) is 2.72. The fourth-order valence-electron chi connectivity index (χ4n) is 3.46. The molecule has 0 radical (unpaired) electrons. The number of hydrogen-bond donors (Lipinski definition) is 2. The van der Waals surface area contributed by atoms with E-state index in [-0.39, 0.29) is 22.7 Å². The molecule has 1 aromatic rings. The minimum Gasteiger partial charge on any atom is -0.271 e. The number of halogens is 2. The Hall–Kier alpha value is -0.450. The molecule has 0 heterocycles. The van der Waals surface area contributed by atoms with Crippen molar-refractivity contribution in [1.82, 2.24) is 5.43 Å². The van der Waals surface area contributed by atoms with Gasteiger partial charge in [-0.05, 0) is 46.9 Å². The third-order valence-corrected chi connectivity index (χ3v) is 5.97. The minimum absolute atomic E-state index is 0.156. The molecule has 2 nitrogen and oxygen atoms in total. The molecule has 19 heavy (non-hydrogen) atoms. The van der Waals surface area contributed by atoms with E-state index in [0.717, 1.165) is 16.5 Å². The first-order valence-electron chi connectivity index (χ1n) is 6.62. The van der Waals surface area contributed by atoms with Gasteiger partial charge in [0.05, 0.1) is 0 Å². The van der Waals surface area contributed by atoms with E-state index >= 15 is 0 Å². The van der Waals surface area contributed by atoms with E-state index in [0.29, 0.717) is 5.92 Å². The normalized spacial score (nSPS) is 22.3. The molecule has 1 fully saturated rings. The molecule has 0 aromatic heterocycles. The molecular weight excluding hydrogens is 307 g/mol. The topological polar surface area (TPSA) is 38.0 Å². The van der Waals surface area contributed by atoms with E-state index in [9.17, 15) is 4.39 Å². The monoisotopic (exact) mass is 328 g/mol. The summed E-state index contributed by atoms with van der Waals surface area (Å²) in [5.41, 5.74) is 4.39. The molecule has 0 spiro atoms. The van der Waals surface area contributed by atoms with Crippen LogP contribution in [-0.2, 0) is 6.42 Å². The van der Waals surface area contributed by atoms with Crippen molar-refractivity contribution >= 4 is 15.9 Å². The van der Waals surface area contributed by atoms with Gasteiger partial charge >= 0.3 is 0 Å². The van der Waals surface area contributed by atoms with Gasteiger partial charge in [-0.15, -0.1) is 0 Å². The van der Waals surface area contributed by atoms with Gasteiger partial charge in [0.15, 0.2) is 0 Å². The van der Waals surface area contributed by atoms with Crippen LogP contribution in [0.4, 0.5) is 4.39 Å². The largest absolute Gasteiger partial charge is 0.271 e. The zero-order chi connectivity index (χ0) is 14.4. The summed E-state index contributed by atoms with van der Waals surface area (Å²) in [6, 6.07) is 4.95. The molecule has 2 rings (SSSR count). The van der Waals surface area contributed by atoms with E-state index < -0.39 is 0 Å². The van der Waals surface area contributed by atoms with E-state index in [4.69, 9.17) is 5.84 Å². The predicted molar refractivity (Wildman–Crippen MR) is 80.0 cm³/mol. The second-order valence-corrected chi connectivity index (χ2v) is 7.49. The molecule has 0 bridgehead atoms. The molecule has 1 aliphatic carbocycles. The number of nitrogens with two attached hydrogens (primary N) is 1. The Kier molecular flexibility index (Phi) is 3.80. The Morgan fingerprint density at radius 2 is 1.89 bits per heavy atom. The number of nitrogens with one attached hydrogen (secondary N) is 1. The molecule has 1 saturated carbocycles. The number of hydrogen-bond acceptors (Lipinski definition) is 2. The third-order valence-electron chi connectivity index (χ3n) is 5.20. The van der Waals surface area contributed by atoms with Gasteiger partial charge in [-0.1, -0.05) is 43.6 Å². The van der Waals surface area contributed by atoms with Gasteiger partial charge in [-0.25, -0.2) is 4.39 Å². The maximum absolute atomic E-state index is 13.3. The Balaban J connectivity index is 2.20. The third kappa shape index (κ3) is 2.46. The second kappa shape index (κ2) is 4.83. The highest BCUT2D eigenvalue weighted by atomic mass is 79.9. The fraction of sp³-hybridized carbons (Fsp3) is 0.600. The van der Waals surface area contributed by atoms with Crippen LogP contribution in [-0.4, -0.2) is 6.04 Å². The van der Waals surface area contributed by atoms with Crippen LogP contribution in [0.3, 0.4) is 0 Å². The van der Waals surface area contributed by atoms with Crippen LogP contribution in [0, 0.1) is 22.6 Å². The van der Waals surface area contributed by atoms with Gasteiger partial charge in [0, 0.05) is 10.5 Å². The van der Waals surface area contributed by atoms with Crippen LogP contribution >= 0.6 is 15.9 Å². The van der Waals surface area contributed by atoms with Crippen LogP contribution in [0.25, 0.3) is 0 Å². The highest BCUT2D eigenvalue weighted by molar-refractivity contribution is 9.10. The zero-order valence-electron chi connectivity index (χ0n) is 11.9. The number of rotatable bonds is 4. The Morgan fingerprint density at radius 3 is 2.37 bits per heavy atom. The smallest absolute Gasteiger partial charge is 0.123 e. The summed E-state index contributed by atoms with van der Waals surface area (Å²) in [6.07, 6.45) is 0.729. The van der Waals surface area contributed by atoms with E-state index in [2.05, 4.69) is 49.1 Å². The summed E-state index contributed by atoms with van der Waals surface area (Å²) >= 11 is 3.48. The van der Waals surface area contributed by atoms with Crippen LogP contribution in [0.1, 0.15) is 33.3 Å². The molecule has 3 N–H and O–H groups in total. The summed E-state index contributed by atoms with van der Waals surface area (Å²) in [6.45, 7) is 9.07. The van der Waals surface area contributed by atoms with Crippen LogP contribution in [0.15, 0.2) is 22.7 Å². The molecule has 106 valence electrons. The summed E-state index contributed by atoms with van der Waals surface area (Å²) in [5.74, 6) is 6.01. The molecule has 0 aliphatic heterocycles. The first-order chi connectivity index (χ1) is 8.71. The SMILES string of the molecule is CC1(C)C(C(Cc2cc(F)ccc2Br)NN)C1(C)C. The van der Waals surface area contributed by atoms with Crippen molar-refractivity contribution in [3.05, 3.63) is 34.1 Å². The average molecular weight is 329 g/mol. The molecule has 1 aromatic carbocycles. The summed E-state index contributed by atoms with van der Waals surface area (Å²) < 4.78 is 14.3. The lowest BCUT2D eigenvalue weighted by Gasteiger charge is -2.19. The van der Waals surface area contributed by atoms with Crippen molar-refractivity contribution in [1.29, 1.82) is 0 Å².